The fourth-order valence-corrected chi connectivity index (χ4v) is 4.29. The third kappa shape index (κ3) is 6.16. The summed E-state index contributed by atoms with van der Waals surface area (Å²) in [6.07, 6.45) is 0. The topological polar surface area (TPSA) is 84.5 Å². The van der Waals surface area contributed by atoms with Gasteiger partial charge in [-0.3, -0.25) is 4.79 Å². The number of sulfonamides is 1. The third-order valence-corrected chi connectivity index (χ3v) is 6.17. The molecule has 31 heavy (non-hydrogen) atoms. The first-order chi connectivity index (χ1) is 14.7. The monoisotopic (exact) mass is 438 g/mol. The first kappa shape index (κ1) is 22.5. The number of rotatable bonds is 8. The fraction of sp³-hybridized carbons (Fsp3) is 0.208. The van der Waals surface area contributed by atoms with Crippen LogP contribution in [0.1, 0.15) is 22.3 Å². The van der Waals surface area contributed by atoms with Crippen LogP contribution < -0.4 is 14.8 Å². The van der Waals surface area contributed by atoms with E-state index in [1.165, 1.54) is 24.3 Å². The predicted molar refractivity (Wildman–Crippen MR) is 122 cm³/mol. The molecule has 0 radical (unpaired) electrons. The Labute approximate surface area is 183 Å². The number of carbonyl (C=O) groups excluding carboxylic acids is 1. The van der Waals surface area contributed by atoms with Gasteiger partial charge in [0.2, 0.25) is 10.0 Å². The van der Waals surface area contributed by atoms with Crippen LogP contribution in [0, 0.1) is 20.8 Å². The molecule has 162 valence electrons. The lowest BCUT2D eigenvalue weighted by Gasteiger charge is -2.13. The quantitative estimate of drug-likeness (QED) is 0.554. The van der Waals surface area contributed by atoms with E-state index in [-0.39, 0.29) is 24.0 Å². The van der Waals surface area contributed by atoms with E-state index in [4.69, 9.17) is 4.74 Å². The van der Waals surface area contributed by atoms with Gasteiger partial charge < -0.3 is 10.1 Å². The van der Waals surface area contributed by atoms with Gasteiger partial charge in [0.1, 0.15) is 5.75 Å². The zero-order valence-electron chi connectivity index (χ0n) is 17.8. The van der Waals surface area contributed by atoms with Crippen molar-refractivity contribution in [1.29, 1.82) is 0 Å². The second-order valence-corrected chi connectivity index (χ2v) is 9.16. The maximum atomic E-state index is 12.5. The highest BCUT2D eigenvalue weighted by Gasteiger charge is 2.14. The Kier molecular flexibility index (Phi) is 7.09. The van der Waals surface area contributed by atoms with Crippen LogP contribution in [-0.4, -0.2) is 20.9 Å². The maximum Gasteiger partial charge on any atom is 0.262 e. The van der Waals surface area contributed by atoms with Crippen LogP contribution in [0.3, 0.4) is 0 Å². The molecule has 0 aromatic heterocycles. The molecule has 3 aromatic carbocycles. The average Bonchev–Trinajstić information content (AvgIpc) is 2.74. The number of nitrogens with one attached hydrogen (secondary N) is 2. The van der Waals surface area contributed by atoms with E-state index >= 15 is 0 Å². The van der Waals surface area contributed by atoms with E-state index in [1.807, 2.05) is 63.2 Å². The summed E-state index contributed by atoms with van der Waals surface area (Å²) in [5.41, 5.74) is 4.77. The summed E-state index contributed by atoms with van der Waals surface area (Å²) in [4.78, 5) is 12.4. The summed E-state index contributed by atoms with van der Waals surface area (Å²) < 4.78 is 33.0. The van der Waals surface area contributed by atoms with Crippen LogP contribution in [-0.2, 0) is 21.4 Å². The molecule has 2 N–H and O–H groups in total. The van der Waals surface area contributed by atoms with Crippen molar-refractivity contribution in [3.05, 3.63) is 89.0 Å². The predicted octanol–water partition coefficient (Wildman–Crippen LogP) is 4.11. The highest BCUT2D eigenvalue weighted by molar-refractivity contribution is 7.89. The molecular formula is C24H26N2O4S. The van der Waals surface area contributed by atoms with Crippen molar-refractivity contribution in [3.63, 3.8) is 0 Å². The standard InChI is InChI=1S/C24H26N2O4S/c1-17-13-18(2)24(19(3)14-17)26-23(27)16-30-21-9-11-22(12-10-21)31(28,29)25-15-20-7-5-4-6-8-20/h4-14,25H,15-16H2,1-3H3,(H,26,27). The minimum Gasteiger partial charge on any atom is -0.484 e. The highest BCUT2D eigenvalue weighted by atomic mass is 32.2. The number of hydrogen-bond acceptors (Lipinski definition) is 4. The number of anilines is 1. The Bertz CT molecular complexity index is 1130. The lowest BCUT2D eigenvalue weighted by molar-refractivity contribution is -0.118. The van der Waals surface area contributed by atoms with Crippen LogP contribution in [0.4, 0.5) is 5.69 Å². The zero-order chi connectivity index (χ0) is 22.4. The van der Waals surface area contributed by atoms with Gasteiger partial charge in [0.05, 0.1) is 4.90 Å². The van der Waals surface area contributed by atoms with E-state index in [2.05, 4.69) is 10.0 Å². The van der Waals surface area contributed by atoms with Crippen LogP contribution in [0.25, 0.3) is 0 Å². The molecule has 6 nitrogen and oxygen atoms in total. The first-order valence-electron chi connectivity index (χ1n) is 9.89. The largest absolute Gasteiger partial charge is 0.484 e. The molecule has 0 aliphatic heterocycles. The Balaban J connectivity index is 1.56. The van der Waals surface area contributed by atoms with Gasteiger partial charge in [-0.1, -0.05) is 48.0 Å². The Hall–Kier alpha value is -3.16. The van der Waals surface area contributed by atoms with Gasteiger partial charge in [-0.2, -0.15) is 0 Å². The summed E-state index contributed by atoms with van der Waals surface area (Å²) >= 11 is 0. The first-order valence-corrected chi connectivity index (χ1v) is 11.4. The SMILES string of the molecule is Cc1cc(C)c(NC(=O)COc2ccc(S(=O)(=O)NCc3ccccc3)cc2)c(C)c1. The molecule has 0 fully saturated rings. The summed E-state index contributed by atoms with van der Waals surface area (Å²) in [6, 6.07) is 19.3. The van der Waals surface area contributed by atoms with Crippen molar-refractivity contribution >= 4 is 21.6 Å². The number of carbonyl (C=O) groups is 1. The molecule has 0 unspecified atom stereocenters. The van der Waals surface area contributed by atoms with E-state index in [0.717, 1.165) is 27.9 Å². The van der Waals surface area contributed by atoms with Gasteiger partial charge in [-0.05, 0) is 61.7 Å². The van der Waals surface area contributed by atoms with Crippen molar-refractivity contribution in [1.82, 2.24) is 4.72 Å². The molecule has 3 rings (SSSR count). The molecule has 0 spiro atoms. The highest BCUT2D eigenvalue weighted by Crippen LogP contribution is 2.22. The van der Waals surface area contributed by atoms with Gasteiger partial charge in [0.15, 0.2) is 6.61 Å². The number of hydrogen-bond donors (Lipinski definition) is 2. The Morgan fingerprint density at radius 3 is 2.13 bits per heavy atom. The Morgan fingerprint density at radius 2 is 1.52 bits per heavy atom. The average molecular weight is 439 g/mol. The number of ether oxygens (including phenoxy) is 1. The van der Waals surface area contributed by atoms with Crippen LogP contribution in [0.5, 0.6) is 5.75 Å². The molecule has 0 bridgehead atoms. The molecule has 0 atom stereocenters. The van der Waals surface area contributed by atoms with Crippen molar-refractivity contribution in [3.8, 4) is 5.75 Å². The zero-order valence-corrected chi connectivity index (χ0v) is 18.6. The van der Waals surface area contributed by atoms with Crippen molar-refractivity contribution in [2.24, 2.45) is 0 Å². The summed E-state index contributed by atoms with van der Waals surface area (Å²) in [6.45, 7) is 5.93. The van der Waals surface area contributed by atoms with Gasteiger partial charge >= 0.3 is 0 Å². The normalized spacial score (nSPS) is 11.2. The fourth-order valence-electron chi connectivity index (χ4n) is 3.27. The lowest BCUT2D eigenvalue weighted by atomic mass is 10.1. The molecule has 0 aliphatic carbocycles. The molecule has 0 saturated carbocycles. The number of aryl methyl sites for hydroxylation is 3. The smallest absolute Gasteiger partial charge is 0.262 e. The number of amides is 1. The van der Waals surface area contributed by atoms with E-state index < -0.39 is 10.0 Å². The second kappa shape index (κ2) is 9.76. The third-order valence-electron chi connectivity index (χ3n) is 4.75. The molecule has 3 aromatic rings. The maximum absolute atomic E-state index is 12.5. The van der Waals surface area contributed by atoms with Crippen molar-refractivity contribution in [2.75, 3.05) is 11.9 Å². The van der Waals surface area contributed by atoms with Gasteiger partial charge in [-0.15, -0.1) is 0 Å². The molecule has 0 heterocycles. The van der Waals surface area contributed by atoms with Crippen LogP contribution in [0.2, 0.25) is 0 Å². The number of benzene rings is 3. The van der Waals surface area contributed by atoms with Gasteiger partial charge in [-0.25, -0.2) is 13.1 Å². The summed E-state index contributed by atoms with van der Waals surface area (Å²) in [7, 11) is -3.65. The van der Waals surface area contributed by atoms with E-state index in [0.29, 0.717) is 5.75 Å². The molecular weight excluding hydrogens is 412 g/mol. The van der Waals surface area contributed by atoms with Gasteiger partial charge in [0.25, 0.3) is 5.91 Å². The summed E-state index contributed by atoms with van der Waals surface area (Å²) in [5, 5.41) is 2.87. The summed E-state index contributed by atoms with van der Waals surface area (Å²) in [5.74, 6) is 0.130. The van der Waals surface area contributed by atoms with Crippen molar-refractivity contribution < 1.29 is 17.9 Å². The van der Waals surface area contributed by atoms with Crippen molar-refractivity contribution in [2.45, 2.75) is 32.2 Å². The molecule has 0 aliphatic rings. The second-order valence-electron chi connectivity index (χ2n) is 7.39. The minimum atomic E-state index is -3.65. The van der Waals surface area contributed by atoms with E-state index in [1.54, 1.807) is 0 Å². The van der Waals surface area contributed by atoms with Gasteiger partial charge in [0, 0.05) is 12.2 Å². The van der Waals surface area contributed by atoms with Crippen LogP contribution >= 0.6 is 0 Å². The lowest BCUT2D eigenvalue weighted by Crippen LogP contribution is -2.23. The van der Waals surface area contributed by atoms with E-state index in [9.17, 15) is 13.2 Å². The molecule has 0 saturated heterocycles. The molecule has 1 amide bonds. The minimum absolute atomic E-state index is 0.131. The molecule has 7 heteroatoms. The van der Waals surface area contributed by atoms with Crippen LogP contribution in [0.15, 0.2) is 71.6 Å². The Morgan fingerprint density at radius 1 is 0.903 bits per heavy atom.